The molecule has 1 unspecified atom stereocenters. The van der Waals surface area contributed by atoms with Crippen molar-refractivity contribution in [3.05, 3.63) is 64.9 Å². The highest BCUT2D eigenvalue weighted by Gasteiger charge is 2.32. The molecule has 7 nitrogen and oxygen atoms in total. The molecule has 0 saturated carbocycles. The predicted molar refractivity (Wildman–Crippen MR) is 137 cm³/mol. The number of hydrogen-bond acceptors (Lipinski definition) is 6. The van der Waals surface area contributed by atoms with Crippen molar-refractivity contribution in [2.75, 3.05) is 19.9 Å². The zero-order chi connectivity index (χ0) is 24.7. The Morgan fingerprint density at radius 2 is 1.85 bits per heavy atom. The summed E-state index contributed by atoms with van der Waals surface area (Å²) >= 11 is 1.60. The number of nitrogens with one attached hydrogen (secondary N) is 1. The third-order valence-corrected chi connectivity index (χ3v) is 8.88. The fourth-order valence-electron chi connectivity index (χ4n) is 3.59. The highest BCUT2D eigenvalue weighted by atomic mass is 32.1. The van der Waals surface area contributed by atoms with Crippen molar-refractivity contribution < 1.29 is 23.9 Å². The standard InChI is InChI=1S/C25H33N2O5PS/c1-18(2)31-25(29)19(3)26-33(30,17-28)27(4)15-14-23(24-13-8-16-34-24)32-22-12-7-10-20-9-5-6-11-21(20)22/h5-13,16,18-19,23,28H,14-15,17H2,1-4H3,(H,26,30)/t19-,23-,33?/m0/s1. The number of carbonyl (C=O) groups is 1. The Kier molecular flexibility index (Phi) is 9.28. The number of aliphatic hydroxyl groups is 1. The van der Waals surface area contributed by atoms with Gasteiger partial charge in [-0.25, -0.2) is 9.76 Å². The molecule has 0 saturated heterocycles. The Labute approximate surface area is 205 Å². The molecule has 9 heteroatoms. The summed E-state index contributed by atoms with van der Waals surface area (Å²) in [6.07, 6.45) is -0.600. The van der Waals surface area contributed by atoms with Crippen molar-refractivity contribution in [2.24, 2.45) is 0 Å². The van der Waals surface area contributed by atoms with Crippen LogP contribution in [0.15, 0.2) is 60.0 Å². The Morgan fingerprint density at radius 1 is 1.12 bits per heavy atom. The minimum Gasteiger partial charge on any atom is -0.484 e. The summed E-state index contributed by atoms with van der Waals surface area (Å²) in [6, 6.07) is 17.2. The van der Waals surface area contributed by atoms with Gasteiger partial charge >= 0.3 is 5.97 Å². The maximum atomic E-state index is 13.4. The fraction of sp³-hybridized carbons (Fsp3) is 0.400. The summed E-state index contributed by atoms with van der Waals surface area (Å²) in [4.78, 5) is 13.2. The van der Waals surface area contributed by atoms with E-state index in [1.165, 1.54) is 0 Å². The summed E-state index contributed by atoms with van der Waals surface area (Å²) in [5.74, 6) is 0.278. The van der Waals surface area contributed by atoms with E-state index in [1.807, 2.05) is 60.0 Å². The molecule has 0 aliphatic rings. The van der Waals surface area contributed by atoms with Gasteiger partial charge in [0.15, 0.2) is 0 Å². The van der Waals surface area contributed by atoms with E-state index >= 15 is 0 Å². The zero-order valence-corrected chi connectivity index (χ0v) is 21.7. The highest BCUT2D eigenvalue weighted by Crippen LogP contribution is 2.44. The van der Waals surface area contributed by atoms with Gasteiger partial charge in [-0.2, -0.15) is 0 Å². The van der Waals surface area contributed by atoms with E-state index in [0.29, 0.717) is 13.0 Å². The van der Waals surface area contributed by atoms with Gasteiger partial charge in [-0.3, -0.25) is 9.36 Å². The van der Waals surface area contributed by atoms with Crippen LogP contribution in [0.2, 0.25) is 0 Å². The van der Waals surface area contributed by atoms with Gasteiger partial charge in [0.25, 0.3) is 0 Å². The first-order chi connectivity index (χ1) is 16.2. The number of rotatable bonds is 12. The molecule has 0 aliphatic heterocycles. The number of carbonyl (C=O) groups excluding carboxylic acids is 1. The highest BCUT2D eigenvalue weighted by molar-refractivity contribution is 7.59. The van der Waals surface area contributed by atoms with Gasteiger partial charge in [-0.15, -0.1) is 11.3 Å². The number of nitrogens with zero attached hydrogens (tertiary/aromatic N) is 1. The summed E-state index contributed by atoms with van der Waals surface area (Å²) in [5, 5.41) is 16.8. The second kappa shape index (κ2) is 12.0. The van der Waals surface area contributed by atoms with E-state index in [9.17, 15) is 14.5 Å². The summed E-state index contributed by atoms with van der Waals surface area (Å²) in [5.41, 5.74) is 0. The van der Waals surface area contributed by atoms with E-state index in [-0.39, 0.29) is 12.2 Å². The Balaban J connectivity index is 1.73. The lowest BCUT2D eigenvalue weighted by atomic mass is 10.1. The van der Waals surface area contributed by atoms with Gasteiger partial charge in [0.2, 0.25) is 7.44 Å². The van der Waals surface area contributed by atoms with Crippen LogP contribution < -0.4 is 9.82 Å². The Morgan fingerprint density at radius 3 is 2.53 bits per heavy atom. The monoisotopic (exact) mass is 504 g/mol. The summed E-state index contributed by atoms with van der Waals surface area (Å²) in [7, 11) is -1.74. The van der Waals surface area contributed by atoms with Crippen LogP contribution in [0.5, 0.6) is 5.75 Å². The number of fused-ring (bicyclic) bond motifs is 1. The van der Waals surface area contributed by atoms with Crippen LogP contribution in [0.3, 0.4) is 0 Å². The van der Waals surface area contributed by atoms with Crippen molar-refractivity contribution in [3.63, 3.8) is 0 Å². The quantitative estimate of drug-likeness (QED) is 0.252. The van der Waals surface area contributed by atoms with E-state index < -0.39 is 25.8 Å². The Bertz CT molecular complexity index is 1120. The maximum absolute atomic E-state index is 13.4. The van der Waals surface area contributed by atoms with Crippen LogP contribution in [-0.2, 0) is 14.1 Å². The molecule has 184 valence electrons. The normalized spacial score (nSPS) is 15.3. The molecular weight excluding hydrogens is 471 g/mol. The average Bonchev–Trinajstić information content (AvgIpc) is 3.36. The molecule has 0 fully saturated rings. The largest absolute Gasteiger partial charge is 0.484 e. The van der Waals surface area contributed by atoms with E-state index in [4.69, 9.17) is 9.47 Å². The third kappa shape index (κ3) is 6.68. The zero-order valence-electron chi connectivity index (χ0n) is 20.0. The molecule has 2 N–H and O–H groups in total. The first kappa shape index (κ1) is 26.4. The number of aliphatic hydroxyl groups excluding tert-OH is 1. The molecule has 3 aromatic rings. The number of ether oxygens (including phenoxy) is 2. The van der Waals surface area contributed by atoms with Gasteiger partial charge in [0.05, 0.1) is 6.10 Å². The lowest BCUT2D eigenvalue weighted by Gasteiger charge is -2.30. The van der Waals surface area contributed by atoms with Crippen molar-refractivity contribution in [1.29, 1.82) is 0 Å². The van der Waals surface area contributed by atoms with Crippen LogP contribution in [-0.4, -0.2) is 47.8 Å². The van der Waals surface area contributed by atoms with Crippen LogP contribution in [0.1, 0.15) is 38.2 Å². The van der Waals surface area contributed by atoms with Crippen LogP contribution >= 0.6 is 18.8 Å². The lowest BCUT2D eigenvalue weighted by molar-refractivity contribution is -0.149. The van der Waals surface area contributed by atoms with E-state index in [2.05, 4.69) is 5.09 Å². The molecule has 34 heavy (non-hydrogen) atoms. The molecule has 2 aromatic carbocycles. The number of esters is 1. The molecule has 0 radical (unpaired) electrons. The molecule has 1 heterocycles. The second-order valence-corrected chi connectivity index (χ2v) is 12.1. The summed E-state index contributed by atoms with van der Waals surface area (Å²) < 4.78 is 26.7. The maximum Gasteiger partial charge on any atom is 0.323 e. The van der Waals surface area contributed by atoms with E-state index in [0.717, 1.165) is 21.4 Å². The third-order valence-electron chi connectivity index (χ3n) is 5.44. The number of benzene rings is 2. The fourth-order valence-corrected chi connectivity index (χ4v) is 6.02. The molecule has 0 spiro atoms. The molecule has 1 aromatic heterocycles. The van der Waals surface area contributed by atoms with Gasteiger partial charge in [0, 0.05) is 23.2 Å². The lowest BCUT2D eigenvalue weighted by Crippen LogP contribution is -2.39. The number of thiophene rings is 1. The number of hydrogen-bond donors (Lipinski definition) is 2. The predicted octanol–water partition coefficient (Wildman–Crippen LogP) is 5.42. The second-order valence-electron chi connectivity index (χ2n) is 8.45. The van der Waals surface area contributed by atoms with Gasteiger partial charge < -0.3 is 14.6 Å². The Hall–Kier alpha value is -2.22. The molecule has 3 rings (SSSR count). The molecule has 0 aliphatic carbocycles. The molecule has 0 amide bonds. The molecular formula is C25H33N2O5PS. The minimum absolute atomic E-state index is 0.260. The molecule has 3 atom stereocenters. The van der Waals surface area contributed by atoms with Crippen molar-refractivity contribution in [1.82, 2.24) is 9.76 Å². The smallest absolute Gasteiger partial charge is 0.323 e. The van der Waals surface area contributed by atoms with Gasteiger partial charge in [0.1, 0.15) is 24.2 Å². The minimum atomic E-state index is -3.41. The van der Waals surface area contributed by atoms with Crippen LogP contribution in [0.25, 0.3) is 10.8 Å². The van der Waals surface area contributed by atoms with Crippen molar-refractivity contribution in [3.8, 4) is 5.75 Å². The van der Waals surface area contributed by atoms with E-state index in [1.54, 1.807) is 43.8 Å². The van der Waals surface area contributed by atoms with Crippen molar-refractivity contribution in [2.45, 2.75) is 45.4 Å². The van der Waals surface area contributed by atoms with Gasteiger partial charge in [-0.1, -0.05) is 42.5 Å². The summed E-state index contributed by atoms with van der Waals surface area (Å²) in [6.45, 7) is 5.47. The first-order valence-electron chi connectivity index (χ1n) is 11.3. The van der Waals surface area contributed by atoms with Gasteiger partial charge in [-0.05, 0) is 50.7 Å². The topological polar surface area (TPSA) is 88.1 Å². The SMILES string of the molecule is CC(C)OC(=O)[C@H](C)NP(=O)(CO)N(C)CC[C@H](Oc1cccc2ccccc12)c1cccs1. The first-order valence-corrected chi connectivity index (χ1v) is 14.0. The molecule has 0 bridgehead atoms. The average molecular weight is 505 g/mol. The van der Waals surface area contributed by atoms with Crippen molar-refractivity contribution >= 4 is 35.5 Å². The van der Waals surface area contributed by atoms with Crippen LogP contribution in [0, 0.1) is 0 Å². The van der Waals surface area contributed by atoms with Crippen LogP contribution in [0.4, 0.5) is 0 Å².